The van der Waals surface area contributed by atoms with Crippen LogP contribution in [0.5, 0.6) is 0 Å². The van der Waals surface area contributed by atoms with E-state index in [1.807, 2.05) is 20.0 Å². The zero-order valence-corrected chi connectivity index (χ0v) is 23.7. The molecule has 0 amide bonds. The van der Waals surface area contributed by atoms with Gasteiger partial charge in [-0.3, -0.25) is 0 Å². The fourth-order valence-corrected chi connectivity index (χ4v) is 5.56. The van der Waals surface area contributed by atoms with E-state index in [1.165, 1.54) is 43.5 Å². The summed E-state index contributed by atoms with van der Waals surface area (Å²) in [5.41, 5.74) is 8.37. The van der Waals surface area contributed by atoms with E-state index in [4.69, 9.17) is 0 Å². The summed E-state index contributed by atoms with van der Waals surface area (Å²) in [5, 5.41) is 5.05. The van der Waals surface area contributed by atoms with Crippen LogP contribution in [0, 0.1) is 0 Å². The molecule has 0 unspecified atom stereocenters. The molecule has 2 nitrogen and oxygen atoms in total. The summed E-state index contributed by atoms with van der Waals surface area (Å²) in [6.07, 6.45) is 8.58. The van der Waals surface area contributed by atoms with Crippen molar-refractivity contribution in [3.63, 3.8) is 0 Å². The second-order valence-corrected chi connectivity index (χ2v) is 9.35. The predicted molar refractivity (Wildman–Crippen MR) is 175 cm³/mol. The van der Waals surface area contributed by atoms with Crippen LogP contribution in [-0.4, -0.2) is 4.98 Å². The smallest absolute Gasteiger partial charge is 0.0462 e. The van der Waals surface area contributed by atoms with Gasteiger partial charge in [-0.2, -0.15) is 0 Å². The molecule has 2 heteroatoms. The number of anilines is 3. The average molecular weight is 521 g/mol. The van der Waals surface area contributed by atoms with Crippen molar-refractivity contribution in [2.24, 2.45) is 0 Å². The summed E-state index contributed by atoms with van der Waals surface area (Å²) < 4.78 is 0. The minimum atomic E-state index is 1.13. The molecule has 0 radical (unpaired) electrons. The van der Waals surface area contributed by atoms with E-state index in [0.717, 1.165) is 17.1 Å². The number of benzene rings is 5. The molecule has 0 saturated carbocycles. The van der Waals surface area contributed by atoms with Crippen LogP contribution in [0.15, 0.2) is 128 Å². The standard InChI is InChI=1S/C36H30N2.C2H6/c1-3-31-32(4-2)36(27-23-24-37-25-27)34-18-12-11-17-33(34)35(31)26-19-21-30(22-20-26)38(28-13-7-5-8-14-28)29-15-9-6-10-16-29;1-2/h3-25,37H,1-2H3;1-2H3/b31-3+,32-4+;. The summed E-state index contributed by atoms with van der Waals surface area (Å²) in [7, 11) is 0. The molecule has 0 atom stereocenters. The lowest BCUT2D eigenvalue weighted by Crippen LogP contribution is -2.29. The maximum absolute atomic E-state index is 3.24. The Morgan fingerprint density at radius 1 is 0.500 bits per heavy atom. The first-order chi connectivity index (χ1) is 19.8. The van der Waals surface area contributed by atoms with Crippen LogP contribution < -0.4 is 15.3 Å². The van der Waals surface area contributed by atoms with Gasteiger partial charge in [0.15, 0.2) is 0 Å². The molecule has 6 aromatic rings. The summed E-state index contributed by atoms with van der Waals surface area (Å²) in [6.45, 7) is 8.28. The van der Waals surface area contributed by atoms with E-state index < -0.39 is 0 Å². The largest absolute Gasteiger partial charge is 0.367 e. The minimum absolute atomic E-state index is 1.13. The van der Waals surface area contributed by atoms with Gasteiger partial charge in [0.05, 0.1) is 0 Å². The van der Waals surface area contributed by atoms with Crippen LogP contribution in [0.3, 0.4) is 0 Å². The third-order valence-corrected chi connectivity index (χ3v) is 7.20. The van der Waals surface area contributed by atoms with Crippen LogP contribution in [-0.2, 0) is 0 Å². The molecule has 0 spiro atoms. The molecule has 40 heavy (non-hydrogen) atoms. The Morgan fingerprint density at radius 2 is 0.950 bits per heavy atom. The maximum Gasteiger partial charge on any atom is 0.0462 e. The molecule has 0 aliphatic carbocycles. The number of nitrogens with zero attached hydrogens (tertiary/aromatic N) is 1. The number of aromatic nitrogens is 1. The van der Waals surface area contributed by atoms with Crippen LogP contribution in [0.1, 0.15) is 27.7 Å². The van der Waals surface area contributed by atoms with Crippen molar-refractivity contribution in [3.05, 3.63) is 138 Å². The summed E-state index contributed by atoms with van der Waals surface area (Å²) in [6, 6.07) is 41.0. The highest BCUT2D eigenvalue weighted by atomic mass is 15.1. The first-order valence-corrected chi connectivity index (χ1v) is 14.1. The molecular weight excluding hydrogens is 484 g/mol. The van der Waals surface area contributed by atoms with Gasteiger partial charge in [-0.25, -0.2) is 0 Å². The average Bonchev–Trinajstić information content (AvgIpc) is 3.57. The highest BCUT2D eigenvalue weighted by Crippen LogP contribution is 2.36. The van der Waals surface area contributed by atoms with Gasteiger partial charge in [-0.05, 0) is 94.2 Å². The van der Waals surface area contributed by atoms with Crippen molar-refractivity contribution in [2.45, 2.75) is 27.7 Å². The topological polar surface area (TPSA) is 19.0 Å². The number of fused-ring (bicyclic) bond motifs is 1. The van der Waals surface area contributed by atoms with Gasteiger partial charge in [0.2, 0.25) is 0 Å². The number of hydrogen-bond acceptors (Lipinski definition) is 1. The molecule has 5 aromatic carbocycles. The molecule has 0 aliphatic rings. The molecule has 0 saturated heterocycles. The van der Waals surface area contributed by atoms with Gasteiger partial charge in [-0.15, -0.1) is 0 Å². The number of hydrogen-bond donors (Lipinski definition) is 1. The van der Waals surface area contributed by atoms with Crippen molar-refractivity contribution in [3.8, 4) is 22.3 Å². The van der Waals surface area contributed by atoms with Gasteiger partial charge in [0.25, 0.3) is 0 Å². The lowest BCUT2D eigenvalue weighted by Gasteiger charge is -2.25. The fraction of sp³-hybridized carbons (Fsp3) is 0.105. The maximum atomic E-state index is 3.24. The molecule has 1 N–H and O–H groups in total. The molecular formula is C38H36N2. The van der Waals surface area contributed by atoms with Crippen molar-refractivity contribution in [1.29, 1.82) is 0 Å². The van der Waals surface area contributed by atoms with Gasteiger partial charge in [-0.1, -0.05) is 98.8 Å². The number of para-hydroxylation sites is 2. The van der Waals surface area contributed by atoms with Crippen LogP contribution in [0.2, 0.25) is 0 Å². The van der Waals surface area contributed by atoms with Crippen molar-refractivity contribution in [2.75, 3.05) is 4.90 Å². The highest BCUT2D eigenvalue weighted by molar-refractivity contribution is 6.05. The second kappa shape index (κ2) is 12.4. The van der Waals surface area contributed by atoms with Crippen LogP contribution in [0.25, 0.3) is 45.2 Å². The first kappa shape index (κ1) is 26.8. The number of H-pyrrole nitrogens is 1. The second-order valence-electron chi connectivity index (χ2n) is 9.35. The van der Waals surface area contributed by atoms with Crippen LogP contribution >= 0.6 is 0 Å². The molecule has 1 heterocycles. The van der Waals surface area contributed by atoms with Crippen LogP contribution in [0.4, 0.5) is 17.1 Å². The van der Waals surface area contributed by atoms with Crippen molar-refractivity contribution in [1.82, 2.24) is 4.98 Å². The fourth-order valence-electron chi connectivity index (χ4n) is 5.56. The van der Waals surface area contributed by atoms with Crippen molar-refractivity contribution >= 4 is 40.0 Å². The molecule has 0 fully saturated rings. The number of rotatable bonds is 5. The normalized spacial score (nSPS) is 11.8. The minimum Gasteiger partial charge on any atom is -0.367 e. The quantitative estimate of drug-likeness (QED) is 0.240. The lowest BCUT2D eigenvalue weighted by molar-refractivity contribution is 1.28. The van der Waals surface area contributed by atoms with Crippen molar-refractivity contribution < 1.29 is 0 Å². The van der Waals surface area contributed by atoms with E-state index in [0.29, 0.717) is 0 Å². The Hall–Kier alpha value is -4.82. The molecule has 1 aromatic heterocycles. The lowest BCUT2D eigenvalue weighted by atomic mass is 9.88. The third kappa shape index (κ3) is 4.97. The molecule has 0 aliphatic heterocycles. The van der Waals surface area contributed by atoms with Gasteiger partial charge < -0.3 is 9.88 Å². The van der Waals surface area contributed by atoms with Gasteiger partial charge >= 0.3 is 0 Å². The van der Waals surface area contributed by atoms with Gasteiger partial charge in [0, 0.05) is 35.0 Å². The number of aromatic amines is 1. The molecule has 6 rings (SSSR count). The monoisotopic (exact) mass is 520 g/mol. The molecule has 198 valence electrons. The summed E-state index contributed by atoms with van der Waals surface area (Å²) in [5.74, 6) is 0. The highest BCUT2D eigenvalue weighted by Gasteiger charge is 2.16. The third-order valence-electron chi connectivity index (χ3n) is 7.20. The van der Waals surface area contributed by atoms with E-state index in [1.54, 1.807) is 0 Å². The SMILES string of the molecule is C/C=c1/c(-c2ccc(N(c3ccccc3)c3ccccc3)cc2)c2ccccc2c(-c2cc[nH]c2)/c1=C/C.CC. The van der Waals surface area contributed by atoms with E-state index in [-0.39, 0.29) is 0 Å². The summed E-state index contributed by atoms with van der Waals surface area (Å²) in [4.78, 5) is 5.54. The van der Waals surface area contributed by atoms with E-state index in [2.05, 4.69) is 157 Å². The predicted octanol–water partition coefficient (Wildman–Crippen LogP) is 9.60. The Morgan fingerprint density at radius 3 is 1.40 bits per heavy atom. The zero-order chi connectivity index (χ0) is 27.9. The Labute approximate surface area is 237 Å². The van der Waals surface area contributed by atoms with Gasteiger partial charge in [0.1, 0.15) is 0 Å². The molecule has 0 bridgehead atoms. The Balaban J connectivity index is 0.00000158. The summed E-state index contributed by atoms with van der Waals surface area (Å²) >= 11 is 0. The first-order valence-electron chi connectivity index (χ1n) is 14.1. The Bertz CT molecular complexity index is 1760. The zero-order valence-electron chi connectivity index (χ0n) is 23.7. The van der Waals surface area contributed by atoms with E-state index in [9.17, 15) is 0 Å². The Kier molecular flexibility index (Phi) is 8.27. The number of nitrogens with one attached hydrogen (secondary N) is 1. The van der Waals surface area contributed by atoms with E-state index >= 15 is 0 Å².